The van der Waals surface area contributed by atoms with Crippen molar-refractivity contribution in [3.05, 3.63) is 57.1 Å². The molecule has 0 unspecified atom stereocenters. The Morgan fingerprint density at radius 3 is 2.21 bits per heavy atom. The molecule has 3 aromatic rings. The molecule has 0 spiro atoms. The number of hydrogen-bond acceptors (Lipinski definition) is 6. The van der Waals surface area contributed by atoms with Gasteiger partial charge in [0.05, 0.1) is 17.2 Å². The van der Waals surface area contributed by atoms with E-state index in [1.54, 1.807) is 0 Å². The molecule has 2 saturated carbocycles. The number of nitrogen functional groups attached to an aromatic ring is 1. The van der Waals surface area contributed by atoms with Crippen LogP contribution < -0.4 is 17.0 Å². The van der Waals surface area contributed by atoms with Crippen LogP contribution in [0, 0.1) is 17.7 Å². The van der Waals surface area contributed by atoms with Crippen molar-refractivity contribution in [3.63, 3.8) is 0 Å². The van der Waals surface area contributed by atoms with Gasteiger partial charge in [0.15, 0.2) is 11.6 Å². The highest BCUT2D eigenvalue weighted by Crippen LogP contribution is 2.47. The maximum atomic E-state index is 14.3. The lowest BCUT2D eigenvalue weighted by Crippen LogP contribution is -2.58. The van der Waals surface area contributed by atoms with Crippen LogP contribution in [0.2, 0.25) is 0 Å². The van der Waals surface area contributed by atoms with Gasteiger partial charge in [0.2, 0.25) is 5.82 Å². The maximum absolute atomic E-state index is 14.3. The van der Waals surface area contributed by atoms with Gasteiger partial charge in [-0.2, -0.15) is 4.98 Å². The van der Waals surface area contributed by atoms with Crippen molar-refractivity contribution in [2.45, 2.75) is 101 Å². The first kappa shape index (κ1) is 24.9. The van der Waals surface area contributed by atoms with Crippen molar-refractivity contribution < 1.29 is 4.39 Å². The Morgan fingerprint density at radius 2 is 1.49 bits per heavy atom. The van der Waals surface area contributed by atoms with Gasteiger partial charge in [0.1, 0.15) is 0 Å². The number of hydrogen-bond donors (Lipinski definition) is 1. The number of nitrogens with two attached hydrogens (primary N) is 1. The molecule has 2 aliphatic heterocycles. The van der Waals surface area contributed by atoms with Gasteiger partial charge in [-0.25, -0.2) is 18.7 Å². The minimum absolute atomic E-state index is 0.0103. The first-order valence-corrected chi connectivity index (χ1v) is 14.8. The molecule has 8 nitrogen and oxygen atoms in total. The highest BCUT2D eigenvalue weighted by atomic mass is 19.1. The summed E-state index contributed by atoms with van der Waals surface area (Å²) in [6.45, 7) is 0. The molecule has 2 N–H and O–H groups in total. The van der Waals surface area contributed by atoms with Crippen molar-refractivity contribution in [2.75, 3.05) is 5.73 Å². The summed E-state index contributed by atoms with van der Waals surface area (Å²) >= 11 is 0. The Labute approximate surface area is 227 Å². The monoisotopic (exact) mass is 532 g/mol. The molecule has 2 aliphatic carbocycles. The summed E-state index contributed by atoms with van der Waals surface area (Å²) in [4.78, 5) is 37.7. The average molecular weight is 533 g/mol. The Balaban J connectivity index is 1.27. The van der Waals surface area contributed by atoms with Gasteiger partial charge in [-0.3, -0.25) is 9.69 Å². The third-order valence-corrected chi connectivity index (χ3v) is 10.1. The smallest absolute Gasteiger partial charge is 0.355 e. The number of piperidine rings is 2. The van der Waals surface area contributed by atoms with Crippen LogP contribution in [0.15, 0.2) is 40.1 Å². The minimum Gasteiger partial charge on any atom is -0.381 e. The largest absolute Gasteiger partial charge is 0.381 e. The lowest BCUT2D eigenvalue weighted by atomic mass is 9.73. The van der Waals surface area contributed by atoms with Gasteiger partial charge in [-0.15, -0.1) is 0 Å². The topological polar surface area (TPSA) is 99.0 Å². The lowest BCUT2D eigenvalue weighted by molar-refractivity contribution is -0.0420. The van der Waals surface area contributed by atoms with Crippen molar-refractivity contribution in [2.24, 2.45) is 11.8 Å². The lowest BCUT2D eigenvalue weighted by Gasteiger charge is -2.54. The van der Waals surface area contributed by atoms with Crippen LogP contribution in [0.4, 0.5) is 10.2 Å². The number of anilines is 1. The number of nitrogens with zero attached hydrogens (tertiary/aromatic N) is 5. The molecule has 4 fully saturated rings. The molecule has 9 heteroatoms. The Bertz CT molecular complexity index is 1490. The van der Waals surface area contributed by atoms with Crippen LogP contribution in [0.5, 0.6) is 0 Å². The molecule has 1 aromatic carbocycles. The number of para-hydroxylation sites is 2. The molecular weight excluding hydrogens is 495 g/mol. The SMILES string of the molecule is Nc1nc(=O)n(-c2nc3ccccc3n([C@H]3C[C@H]4CCC[C@@H](C3)N4[C@@H]3C[C@@H]4CCCC[C@@H](C4)C3)c2=O)cc1F. The zero-order valence-electron chi connectivity index (χ0n) is 22.3. The molecule has 4 bridgehead atoms. The molecule has 2 saturated heterocycles. The Hall–Kier alpha value is -3.07. The highest BCUT2D eigenvalue weighted by Gasteiger charge is 2.45. The summed E-state index contributed by atoms with van der Waals surface area (Å²) in [6, 6.07) is 9.08. The van der Waals surface area contributed by atoms with E-state index in [1.165, 1.54) is 51.4 Å². The van der Waals surface area contributed by atoms with E-state index in [9.17, 15) is 14.0 Å². The van der Waals surface area contributed by atoms with Gasteiger partial charge in [-0.1, -0.05) is 44.2 Å². The predicted molar refractivity (Wildman–Crippen MR) is 148 cm³/mol. The zero-order chi connectivity index (χ0) is 26.7. The molecule has 206 valence electrons. The zero-order valence-corrected chi connectivity index (χ0v) is 22.3. The summed E-state index contributed by atoms with van der Waals surface area (Å²) in [7, 11) is 0. The second kappa shape index (κ2) is 9.84. The van der Waals surface area contributed by atoms with Crippen LogP contribution in [0.1, 0.15) is 83.1 Å². The van der Waals surface area contributed by atoms with E-state index in [-0.39, 0.29) is 17.4 Å². The van der Waals surface area contributed by atoms with Crippen molar-refractivity contribution in [1.82, 2.24) is 24.0 Å². The molecule has 4 aliphatic rings. The van der Waals surface area contributed by atoms with Crippen LogP contribution in [-0.4, -0.2) is 42.1 Å². The van der Waals surface area contributed by atoms with E-state index in [4.69, 9.17) is 5.73 Å². The molecule has 0 radical (unpaired) electrons. The standard InChI is InChI=1S/C30H37FN6O2/c31-24-17-35(30(39)34-27(24)32)28-29(38)37(26-11-4-3-10-25(26)33-28)23-15-20-8-5-9-21(16-23)36(20)22-13-18-6-1-2-7-19(12-18)14-22/h3-4,10-11,17-23H,1-2,5-9,12-16H2,(H2,32,34,39)/t18-,19+,20-,21+,22-,23+. The normalized spacial score (nSPS) is 31.2. The summed E-state index contributed by atoms with van der Waals surface area (Å²) in [5, 5.41) is 0. The maximum Gasteiger partial charge on any atom is 0.355 e. The van der Waals surface area contributed by atoms with E-state index in [2.05, 4.69) is 14.9 Å². The fourth-order valence-electron chi connectivity index (χ4n) is 8.56. The summed E-state index contributed by atoms with van der Waals surface area (Å²) in [6.07, 6.45) is 15.9. The molecule has 39 heavy (non-hydrogen) atoms. The number of aromatic nitrogens is 4. The van der Waals surface area contributed by atoms with Crippen LogP contribution in [0.25, 0.3) is 16.9 Å². The van der Waals surface area contributed by atoms with Crippen molar-refractivity contribution >= 4 is 16.9 Å². The summed E-state index contributed by atoms with van der Waals surface area (Å²) in [5.74, 6) is 0.271. The number of halogens is 1. The van der Waals surface area contributed by atoms with E-state index in [0.29, 0.717) is 23.6 Å². The molecule has 7 rings (SSSR count). The molecule has 2 aromatic heterocycles. The van der Waals surface area contributed by atoms with E-state index >= 15 is 0 Å². The summed E-state index contributed by atoms with van der Waals surface area (Å²) in [5.41, 5.74) is 5.65. The van der Waals surface area contributed by atoms with Gasteiger partial charge < -0.3 is 10.3 Å². The van der Waals surface area contributed by atoms with Gasteiger partial charge in [0.25, 0.3) is 5.56 Å². The van der Waals surface area contributed by atoms with Gasteiger partial charge in [-0.05, 0) is 68.9 Å². The van der Waals surface area contributed by atoms with E-state index in [0.717, 1.165) is 53.8 Å². The van der Waals surface area contributed by atoms with E-state index < -0.39 is 17.3 Å². The highest BCUT2D eigenvalue weighted by molar-refractivity contribution is 5.75. The number of rotatable bonds is 3. The molecular formula is C30H37FN6O2. The van der Waals surface area contributed by atoms with Crippen molar-refractivity contribution in [1.29, 1.82) is 0 Å². The van der Waals surface area contributed by atoms with Crippen LogP contribution in [0.3, 0.4) is 0 Å². The molecule has 0 amide bonds. The number of fused-ring (bicyclic) bond motifs is 5. The second-order valence-corrected chi connectivity index (χ2v) is 12.4. The quantitative estimate of drug-likeness (QED) is 0.530. The molecule has 4 heterocycles. The second-order valence-electron chi connectivity index (χ2n) is 12.4. The van der Waals surface area contributed by atoms with Crippen LogP contribution in [-0.2, 0) is 0 Å². The van der Waals surface area contributed by atoms with Gasteiger partial charge in [0, 0.05) is 24.2 Å². The minimum atomic E-state index is -0.855. The van der Waals surface area contributed by atoms with E-state index in [1.807, 2.05) is 28.8 Å². The first-order valence-electron chi connectivity index (χ1n) is 14.8. The van der Waals surface area contributed by atoms with Crippen molar-refractivity contribution in [3.8, 4) is 5.82 Å². The Morgan fingerprint density at radius 1 is 0.795 bits per heavy atom. The number of benzene rings is 1. The third-order valence-electron chi connectivity index (χ3n) is 10.1. The summed E-state index contributed by atoms with van der Waals surface area (Å²) < 4.78 is 17.1. The molecule has 6 atom stereocenters. The Kier molecular flexibility index (Phi) is 6.29. The fourth-order valence-corrected chi connectivity index (χ4v) is 8.56. The predicted octanol–water partition coefficient (Wildman–Crippen LogP) is 4.58. The third kappa shape index (κ3) is 4.39. The first-order chi connectivity index (χ1) is 19.0. The van der Waals surface area contributed by atoms with Gasteiger partial charge >= 0.3 is 5.69 Å². The van der Waals surface area contributed by atoms with Crippen LogP contribution >= 0.6 is 0 Å². The average Bonchev–Trinajstić information content (AvgIpc) is 3.09. The fraction of sp³-hybridized carbons (Fsp3) is 0.600.